The third kappa shape index (κ3) is 7.35. The summed E-state index contributed by atoms with van der Waals surface area (Å²) in [4.78, 5) is 13.8. The van der Waals surface area contributed by atoms with Crippen molar-refractivity contribution < 1.29 is 32.9 Å². The Labute approximate surface area is 247 Å². The molecule has 0 spiro atoms. The van der Waals surface area contributed by atoms with Gasteiger partial charge in [-0.25, -0.2) is 0 Å². The number of benzene rings is 3. The Balaban J connectivity index is 1.92. The van der Waals surface area contributed by atoms with Crippen LogP contribution in [0.3, 0.4) is 0 Å². The lowest BCUT2D eigenvalue weighted by molar-refractivity contribution is -0.258. The predicted molar refractivity (Wildman–Crippen MR) is 159 cm³/mol. The summed E-state index contributed by atoms with van der Waals surface area (Å²) in [5.74, 6) is -0.318. The Hall–Kier alpha value is -3.32. The van der Waals surface area contributed by atoms with Gasteiger partial charge in [0.15, 0.2) is 5.60 Å². The van der Waals surface area contributed by atoms with E-state index in [0.717, 1.165) is 23.6 Å². The van der Waals surface area contributed by atoms with E-state index in [-0.39, 0.29) is 23.2 Å². The van der Waals surface area contributed by atoms with Crippen LogP contribution in [-0.4, -0.2) is 22.4 Å². The van der Waals surface area contributed by atoms with Crippen molar-refractivity contribution in [2.75, 3.05) is 0 Å². The normalized spacial score (nSPS) is 16.3. The van der Waals surface area contributed by atoms with E-state index in [2.05, 4.69) is 0 Å². The minimum absolute atomic E-state index is 0.131. The highest BCUT2D eigenvalue weighted by atomic mass is 19.4. The van der Waals surface area contributed by atoms with Crippen molar-refractivity contribution in [3.8, 4) is 5.75 Å². The maximum absolute atomic E-state index is 13.8. The molecule has 0 aromatic heterocycles. The molecule has 0 radical (unpaired) electrons. The lowest BCUT2D eigenvalue weighted by atomic mass is 9.69. The molecule has 0 amide bonds. The van der Waals surface area contributed by atoms with Crippen LogP contribution < -0.4 is 0 Å². The van der Waals surface area contributed by atoms with E-state index in [0.29, 0.717) is 19.3 Å². The van der Waals surface area contributed by atoms with E-state index in [4.69, 9.17) is 4.74 Å². The summed E-state index contributed by atoms with van der Waals surface area (Å²) in [5.41, 5.74) is -2.73. The Kier molecular flexibility index (Phi) is 9.57. The Bertz CT molecular complexity index is 1330. The number of halogens is 3. The molecule has 0 saturated heterocycles. The molecule has 0 fully saturated rings. The van der Waals surface area contributed by atoms with Crippen LogP contribution in [-0.2, 0) is 26.1 Å². The number of phenolic OH excluding ortho intramolecular Hbond substituents is 1. The number of alkyl halides is 3. The van der Waals surface area contributed by atoms with Crippen LogP contribution in [0.15, 0.2) is 78.9 Å². The fourth-order valence-corrected chi connectivity index (χ4v) is 5.37. The largest absolute Gasteiger partial charge is 0.508 e. The minimum atomic E-state index is -4.80. The number of carbonyl (C=O) groups excluding carboxylic acids is 1. The molecular formula is C35H43F3O4. The van der Waals surface area contributed by atoms with E-state index in [1.54, 1.807) is 24.3 Å². The number of aliphatic hydroxyl groups is 1. The topological polar surface area (TPSA) is 66.8 Å². The molecule has 3 unspecified atom stereocenters. The first-order valence-electron chi connectivity index (χ1n) is 14.3. The highest BCUT2D eigenvalue weighted by molar-refractivity contribution is 5.77. The van der Waals surface area contributed by atoms with Crippen molar-refractivity contribution >= 4 is 5.97 Å². The zero-order valence-corrected chi connectivity index (χ0v) is 25.5. The second-order valence-corrected chi connectivity index (χ2v) is 12.9. The standard InChI is InChI=1S/C35H43F3O4/c1-8-33(6,30(40)42-32(4,5)27-12-10-9-11-13-27)23-25(24-14-20-29(39)21-15-24)22-31(2,3)26-16-18-28(19-17-26)34(7,41)35(36,37)38/h9-21,25,39,41H,8,22-23H2,1-7H3. The average molecular weight is 585 g/mol. The van der Waals surface area contributed by atoms with Gasteiger partial charge < -0.3 is 14.9 Å². The minimum Gasteiger partial charge on any atom is -0.508 e. The summed E-state index contributed by atoms with van der Waals surface area (Å²) >= 11 is 0. The maximum atomic E-state index is 13.8. The molecule has 3 atom stereocenters. The molecule has 4 nitrogen and oxygen atoms in total. The van der Waals surface area contributed by atoms with E-state index in [9.17, 15) is 28.2 Å². The lowest BCUT2D eigenvalue weighted by Crippen LogP contribution is -2.39. The third-order valence-electron chi connectivity index (χ3n) is 8.69. The monoisotopic (exact) mass is 584 g/mol. The summed E-state index contributed by atoms with van der Waals surface area (Å²) in [7, 11) is 0. The third-order valence-corrected chi connectivity index (χ3v) is 8.69. The Morgan fingerprint density at radius 2 is 1.29 bits per heavy atom. The van der Waals surface area contributed by atoms with Gasteiger partial charge in [0.25, 0.3) is 0 Å². The van der Waals surface area contributed by atoms with Crippen molar-refractivity contribution in [2.24, 2.45) is 5.41 Å². The van der Waals surface area contributed by atoms with Gasteiger partial charge in [0.2, 0.25) is 0 Å². The predicted octanol–water partition coefficient (Wildman–Crippen LogP) is 8.90. The van der Waals surface area contributed by atoms with Gasteiger partial charge in [-0.2, -0.15) is 13.2 Å². The summed E-state index contributed by atoms with van der Waals surface area (Å²) < 4.78 is 46.3. The van der Waals surface area contributed by atoms with E-state index in [1.165, 1.54) is 12.1 Å². The van der Waals surface area contributed by atoms with Crippen molar-refractivity contribution in [1.29, 1.82) is 0 Å². The summed E-state index contributed by atoms with van der Waals surface area (Å²) in [5, 5.41) is 20.0. The molecule has 0 aliphatic carbocycles. The van der Waals surface area contributed by atoms with E-state index >= 15 is 0 Å². The average Bonchev–Trinajstić information content (AvgIpc) is 2.92. The molecule has 0 aliphatic heterocycles. The number of rotatable bonds is 11. The van der Waals surface area contributed by atoms with Crippen molar-refractivity contribution in [1.82, 2.24) is 0 Å². The molecule has 228 valence electrons. The van der Waals surface area contributed by atoms with Crippen molar-refractivity contribution in [2.45, 2.75) is 96.4 Å². The van der Waals surface area contributed by atoms with Crippen LogP contribution >= 0.6 is 0 Å². The quantitative estimate of drug-likeness (QED) is 0.221. The molecule has 3 aromatic rings. The molecule has 0 bridgehead atoms. The number of phenols is 1. The highest BCUT2D eigenvalue weighted by Crippen LogP contribution is 2.45. The fourth-order valence-electron chi connectivity index (χ4n) is 5.37. The molecule has 0 aliphatic rings. The molecule has 0 saturated carbocycles. The van der Waals surface area contributed by atoms with Gasteiger partial charge in [0, 0.05) is 0 Å². The number of hydrogen-bond donors (Lipinski definition) is 2. The summed E-state index contributed by atoms with van der Waals surface area (Å²) in [6, 6.07) is 22.4. The van der Waals surface area contributed by atoms with Gasteiger partial charge in [-0.1, -0.05) is 87.5 Å². The maximum Gasteiger partial charge on any atom is 0.421 e. The van der Waals surface area contributed by atoms with Gasteiger partial charge in [-0.15, -0.1) is 0 Å². The van der Waals surface area contributed by atoms with Gasteiger partial charge in [0.05, 0.1) is 5.41 Å². The number of esters is 1. The first-order valence-corrected chi connectivity index (χ1v) is 14.3. The molecule has 3 rings (SSSR count). The second kappa shape index (κ2) is 12.1. The van der Waals surface area contributed by atoms with E-state index < -0.39 is 28.2 Å². The van der Waals surface area contributed by atoms with Crippen molar-refractivity contribution in [3.05, 3.63) is 101 Å². The van der Waals surface area contributed by atoms with Crippen LogP contribution in [0.2, 0.25) is 0 Å². The first kappa shape index (κ1) is 33.2. The molecule has 2 N–H and O–H groups in total. The smallest absolute Gasteiger partial charge is 0.421 e. The van der Waals surface area contributed by atoms with Gasteiger partial charge in [0.1, 0.15) is 11.4 Å². The molecule has 7 heteroatoms. The van der Waals surface area contributed by atoms with Crippen LogP contribution in [0, 0.1) is 5.41 Å². The molecule has 3 aromatic carbocycles. The van der Waals surface area contributed by atoms with E-state index in [1.807, 2.05) is 84.0 Å². The zero-order chi connectivity index (χ0) is 31.6. The number of ether oxygens (including phenoxy) is 1. The van der Waals surface area contributed by atoms with Crippen LogP contribution in [0.25, 0.3) is 0 Å². The van der Waals surface area contributed by atoms with Gasteiger partial charge in [-0.3, -0.25) is 4.79 Å². The lowest BCUT2D eigenvalue weighted by Gasteiger charge is -2.38. The summed E-state index contributed by atoms with van der Waals surface area (Å²) in [6.07, 6.45) is -3.24. The fraction of sp³-hybridized carbons (Fsp3) is 0.457. The summed E-state index contributed by atoms with van der Waals surface area (Å²) in [6.45, 7) is 12.4. The number of carbonyl (C=O) groups is 1. The zero-order valence-electron chi connectivity index (χ0n) is 25.5. The highest BCUT2D eigenvalue weighted by Gasteiger charge is 2.51. The Morgan fingerprint density at radius 3 is 1.79 bits per heavy atom. The van der Waals surface area contributed by atoms with Crippen molar-refractivity contribution in [3.63, 3.8) is 0 Å². The van der Waals surface area contributed by atoms with Gasteiger partial charge >= 0.3 is 12.1 Å². The molecular weight excluding hydrogens is 541 g/mol. The van der Waals surface area contributed by atoms with Crippen LogP contribution in [0.4, 0.5) is 13.2 Å². The molecule has 0 heterocycles. The second-order valence-electron chi connectivity index (χ2n) is 12.9. The molecule has 42 heavy (non-hydrogen) atoms. The first-order chi connectivity index (χ1) is 19.3. The SMILES string of the molecule is CCC(C)(CC(CC(C)(C)c1ccc(C(C)(O)C(F)(F)F)cc1)c1ccc(O)cc1)C(=O)OC(C)(C)c1ccccc1. The Morgan fingerprint density at radius 1 is 0.762 bits per heavy atom. The number of hydrogen-bond acceptors (Lipinski definition) is 4. The van der Waals surface area contributed by atoms with Gasteiger partial charge in [-0.05, 0) is 92.7 Å². The van der Waals surface area contributed by atoms with Crippen LogP contribution in [0.1, 0.15) is 95.9 Å². The number of aromatic hydroxyl groups is 1. The van der Waals surface area contributed by atoms with Crippen LogP contribution in [0.5, 0.6) is 5.75 Å².